The minimum Gasteiger partial charge on any atom is -0.348 e. The summed E-state index contributed by atoms with van der Waals surface area (Å²) in [7, 11) is 0. The number of amides is 1. The van der Waals surface area contributed by atoms with Crippen molar-refractivity contribution >= 4 is 5.91 Å². The number of hydrogen-bond acceptors (Lipinski definition) is 2. The average molecular weight is 210 g/mol. The molecule has 1 unspecified atom stereocenters. The first-order valence-electron chi connectivity index (χ1n) is 5.92. The number of allylic oxidation sites excluding steroid dienone is 1. The van der Waals surface area contributed by atoms with Gasteiger partial charge in [0.05, 0.1) is 0 Å². The number of carbonyl (C=O) groups excluding carboxylic acids is 1. The van der Waals surface area contributed by atoms with Gasteiger partial charge >= 0.3 is 0 Å². The molecule has 1 aliphatic rings. The molecule has 86 valence electrons. The van der Waals surface area contributed by atoms with E-state index in [1.807, 2.05) is 19.9 Å². The molecule has 0 aliphatic carbocycles. The van der Waals surface area contributed by atoms with Gasteiger partial charge in [0, 0.05) is 18.2 Å². The molecule has 15 heavy (non-hydrogen) atoms. The second kappa shape index (κ2) is 6.62. The highest BCUT2D eigenvalue weighted by Gasteiger charge is 2.14. The highest BCUT2D eigenvalue weighted by atomic mass is 16.1. The van der Waals surface area contributed by atoms with Crippen molar-refractivity contribution in [2.45, 2.75) is 45.6 Å². The topological polar surface area (TPSA) is 41.1 Å². The Morgan fingerprint density at radius 3 is 3.07 bits per heavy atom. The summed E-state index contributed by atoms with van der Waals surface area (Å²) in [5.41, 5.74) is 0.835. The summed E-state index contributed by atoms with van der Waals surface area (Å²) in [6.07, 6.45) is 6.41. The van der Waals surface area contributed by atoms with Crippen LogP contribution in [-0.4, -0.2) is 25.0 Å². The van der Waals surface area contributed by atoms with Gasteiger partial charge in [-0.2, -0.15) is 0 Å². The number of carbonyl (C=O) groups is 1. The number of hydrogen-bond donors (Lipinski definition) is 2. The quantitative estimate of drug-likeness (QED) is 0.695. The molecule has 2 N–H and O–H groups in total. The molecule has 0 aromatic carbocycles. The van der Waals surface area contributed by atoms with E-state index >= 15 is 0 Å². The molecule has 1 rings (SSSR count). The monoisotopic (exact) mass is 210 g/mol. The van der Waals surface area contributed by atoms with E-state index in [4.69, 9.17) is 0 Å². The number of rotatable bonds is 3. The molecule has 1 atom stereocenters. The third-order valence-electron chi connectivity index (χ3n) is 2.75. The molecule has 3 heteroatoms. The normalized spacial score (nSPS) is 23.3. The predicted octanol–water partition coefficient (Wildman–Crippen LogP) is 1.60. The van der Waals surface area contributed by atoms with Gasteiger partial charge in [-0.3, -0.25) is 4.79 Å². The Kier molecular flexibility index (Phi) is 5.40. The first-order valence-corrected chi connectivity index (χ1v) is 5.92. The summed E-state index contributed by atoms with van der Waals surface area (Å²) < 4.78 is 0. The second-order valence-electron chi connectivity index (χ2n) is 4.17. The van der Waals surface area contributed by atoms with Crippen molar-refractivity contribution in [2.24, 2.45) is 0 Å². The van der Waals surface area contributed by atoms with Crippen LogP contribution in [0.5, 0.6) is 0 Å². The van der Waals surface area contributed by atoms with E-state index in [2.05, 4.69) is 10.6 Å². The van der Waals surface area contributed by atoms with Crippen LogP contribution in [0.25, 0.3) is 0 Å². The molecule has 0 aromatic rings. The maximum atomic E-state index is 11.7. The van der Waals surface area contributed by atoms with Gasteiger partial charge in [-0.1, -0.05) is 19.4 Å². The second-order valence-corrected chi connectivity index (χ2v) is 4.17. The molecule has 1 amide bonds. The summed E-state index contributed by atoms with van der Waals surface area (Å²) in [5, 5.41) is 6.41. The molecule has 1 saturated heterocycles. The zero-order chi connectivity index (χ0) is 11.1. The first-order chi connectivity index (χ1) is 7.24. The molecular weight excluding hydrogens is 188 g/mol. The van der Waals surface area contributed by atoms with Crippen LogP contribution in [0.2, 0.25) is 0 Å². The van der Waals surface area contributed by atoms with Crippen LogP contribution in [0.3, 0.4) is 0 Å². The molecule has 0 bridgehead atoms. The van der Waals surface area contributed by atoms with Gasteiger partial charge in [0.15, 0.2) is 0 Å². The van der Waals surface area contributed by atoms with Gasteiger partial charge in [-0.25, -0.2) is 0 Å². The van der Waals surface area contributed by atoms with Crippen LogP contribution >= 0.6 is 0 Å². The molecule has 1 fully saturated rings. The Balaban J connectivity index is 2.38. The molecule has 0 saturated carbocycles. The molecule has 0 aromatic heterocycles. The summed E-state index contributed by atoms with van der Waals surface area (Å²) in [6.45, 7) is 5.91. The van der Waals surface area contributed by atoms with Crippen molar-refractivity contribution in [3.8, 4) is 0 Å². The Morgan fingerprint density at radius 1 is 1.53 bits per heavy atom. The summed E-state index contributed by atoms with van der Waals surface area (Å²) in [5.74, 6) is 0.0885. The van der Waals surface area contributed by atoms with Crippen molar-refractivity contribution in [2.75, 3.05) is 13.1 Å². The van der Waals surface area contributed by atoms with E-state index in [1.54, 1.807) is 0 Å². The predicted molar refractivity (Wildman–Crippen MR) is 62.7 cm³/mol. The smallest absolute Gasteiger partial charge is 0.246 e. The van der Waals surface area contributed by atoms with Crippen LogP contribution in [0, 0.1) is 0 Å². The van der Waals surface area contributed by atoms with E-state index in [1.165, 1.54) is 12.8 Å². The third kappa shape index (κ3) is 4.47. The van der Waals surface area contributed by atoms with Gasteiger partial charge in [-0.05, 0) is 32.7 Å². The summed E-state index contributed by atoms with van der Waals surface area (Å²) in [6, 6.07) is 0.306. The molecule has 3 nitrogen and oxygen atoms in total. The molecule has 0 radical (unpaired) electrons. The van der Waals surface area contributed by atoms with Crippen molar-refractivity contribution in [3.63, 3.8) is 0 Å². The Labute approximate surface area is 92.3 Å². The SMILES string of the molecule is CCC=C(C)C(=O)NC1CCCCNC1. The van der Waals surface area contributed by atoms with Gasteiger partial charge in [-0.15, -0.1) is 0 Å². The van der Waals surface area contributed by atoms with Gasteiger partial charge < -0.3 is 10.6 Å². The van der Waals surface area contributed by atoms with Crippen molar-refractivity contribution in [1.82, 2.24) is 10.6 Å². The maximum Gasteiger partial charge on any atom is 0.246 e. The molecule has 1 aliphatic heterocycles. The van der Waals surface area contributed by atoms with E-state index in [0.717, 1.165) is 31.5 Å². The lowest BCUT2D eigenvalue weighted by atomic mass is 10.1. The third-order valence-corrected chi connectivity index (χ3v) is 2.75. The lowest BCUT2D eigenvalue weighted by Crippen LogP contribution is -2.41. The first kappa shape index (κ1) is 12.2. The highest BCUT2D eigenvalue weighted by Crippen LogP contribution is 2.05. The van der Waals surface area contributed by atoms with Crippen LogP contribution in [-0.2, 0) is 4.79 Å². The van der Waals surface area contributed by atoms with Crippen molar-refractivity contribution in [3.05, 3.63) is 11.6 Å². The Morgan fingerprint density at radius 2 is 2.33 bits per heavy atom. The maximum absolute atomic E-state index is 11.7. The minimum absolute atomic E-state index is 0.0885. The van der Waals surface area contributed by atoms with Gasteiger partial charge in [0.25, 0.3) is 0 Å². The highest BCUT2D eigenvalue weighted by molar-refractivity contribution is 5.92. The molecule has 0 spiro atoms. The lowest BCUT2D eigenvalue weighted by Gasteiger charge is -2.16. The lowest BCUT2D eigenvalue weighted by molar-refractivity contribution is -0.118. The van der Waals surface area contributed by atoms with E-state index in [0.29, 0.717) is 6.04 Å². The van der Waals surface area contributed by atoms with Crippen LogP contribution in [0.15, 0.2) is 11.6 Å². The number of nitrogens with one attached hydrogen (secondary N) is 2. The zero-order valence-electron chi connectivity index (χ0n) is 9.81. The van der Waals surface area contributed by atoms with Crippen molar-refractivity contribution in [1.29, 1.82) is 0 Å². The summed E-state index contributed by atoms with van der Waals surface area (Å²) >= 11 is 0. The van der Waals surface area contributed by atoms with Gasteiger partial charge in [0.2, 0.25) is 5.91 Å². The average Bonchev–Trinajstić information content (AvgIpc) is 2.46. The van der Waals surface area contributed by atoms with Gasteiger partial charge in [0.1, 0.15) is 0 Å². The molecular formula is C12H22N2O. The fourth-order valence-electron chi connectivity index (χ4n) is 1.84. The van der Waals surface area contributed by atoms with Crippen molar-refractivity contribution < 1.29 is 4.79 Å². The largest absolute Gasteiger partial charge is 0.348 e. The van der Waals surface area contributed by atoms with Crippen LogP contribution < -0.4 is 10.6 Å². The van der Waals surface area contributed by atoms with E-state index in [9.17, 15) is 4.79 Å². The molecule has 1 heterocycles. The fourth-order valence-corrected chi connectivity index (χ4v) is 1.84. The van der Waals surface area contributed by atoms with E-state index < -0.39 is 0 Å². The summed E-state index contributed by atoms with van der Waals surface area (Å²) in [4.78, 5) is 11.7. The Bertz CT molecular complexity index is 228. The minimum atomic E-state index is 0.0885. The van der Waals surface area contributed by atoms with E-state index in [-0.39, 0.29) is 5.91 Å². The van der Waals surface area contributed by atoms with Crippen LogP contribution in [0.4, 0.5) is 0 Å². The fraction of sp³-hybridized carbons (Fsp3) is 0.750. The Hall–Kier alpha value is -0.830. The van der Waals surface area contributed by atoms with Crippen LogP contribution in [0.1, 0.15) is 39.5 Å². The standard InChI is InChI=1S/C12H22N2O/c1-3-6-10(2)12(15)14-11-7-4-5-8-13-9-11/h6,11,13H,3-5,7-9H2,1-2H3,(H,14,15). The zero-order valence-corrected chi connectivity index (χ0v) is 9.81.